The van der Waals surface area contributed by atoms with Crippen LogP contribution in [0.2, 0.25) is 0 Å². The maximum atomic E-state index is 12.6. The smallest absolute Gasteiger partial charge is 0.197 e. The Morgan fingerprint density at radius 2 is 1.90 bits per heavy atom. The minimum atomic E-state index is 0.0236. The summed E-state index contributed by atoms with van der Waals surface area (Å²) < 4.78 is 1.89. The summed E-state index contributed by atoms with van der Waals surface area (Å²) in [6.07, 6.45) is 7.19. The third-order valence-electron chi connectivity index (χ3n) is 3.50. The van der Waals surface area contributed by atoms with E-state index in [-0.39, 0.29) is 5.43 Å². The molecule has 4 rings (SSSR count). The zero-order valence-corrected chi connectivity index (χ0v) is 10.6. The minimum absolute atomic E-state index is 0.0236. The number of hydrogen-bond acceptors (Lipinski definition) is 2. The first-order chi connectivity index (χ1) is 9.84. The molecule has 0 spiro atoms. The van der Waals surface area contributed by atoms with Gasteiger partial charge >= 0.3 is 0 Å². The SMILES string of the molecule is O=c1c(-c2ccccc2)c[nH]c2c1ccn1ccnc21. The summed E-state index contributed by atoms with van der Waals surface area (Å²) in [6.45, 7) is 0. The number of H-pyrrole nitrogens is 1. The number of aromatic amines is 1. The van der Waals surface area contributed by atoms with Crippen molar-refractivity contribution in [3.05, 3.63) is 71.4 Å². The molecule has 20 heavy (non-hydrogen) atoms. The molecule has 4 nitrogen and oxygen atoms in total. The second kappa shape index (κ2) is 4.06. The van der Waals surface area contributed by atoms with Crippen LogP contribution in [-0.2, 0) is 0 Å². The molecule has 0 aliphatic heterocycles. The zero-order valence-electron chi connectivity index (χ0n) is 10.6. The van der Waals surface area contributed by atoms with Gasteiger partial charge < -0.3 is 9.38 Å². The van der Waals surface area contributed by atoms with Gasteiger partial charge in [-0.3, -0.25) is 4.79 Å². The number of fused-ring (bicyclic) bond motifs is 3. The largest absolute Gasteiger partial charge is 0.357 e. The van der Waals surface area contributed by atoms with E-state index in [2.05, 4.69) is 9.97 Å². The number of benzene rings is 1. The van der Waals surface area contributed by atoms with Crippen LogP contribution in [0.1, 0.15) is 0 Å². The molecule has 0 aliphatic carbocycles. The molecule has 0 saturated heterocycles. The van der Waals surface area contributed by atoms with Gasteiger partial charge in [0.1, 0.15) is 0 Å². The van der Waals surface area contributed by atoms with Crippen molar-refractivity contribution in [2.24, 2.45) is 0 Å². The predicted molar refractivity (Wildman–Crippen MR) is 78.8 cm³/mol. The number of aromatic nitrogens is 3. The number of rotatable bonds is 1. The maximum absolute atomic E-state index is 12.6. The molecule has 4 heteroatoms. The first-order valence-corrected chi connectivity index (χ1v) is 6.37. The van der Waals surface area contributed by atoms with E-state index in [1.54, 1.807) is 12.4 Å². The fourth-order valence-electron chi connectivity index (χ4n) is 2.50. The van der Waals surface area contributed by atoms with Crippen LogP contribution < -0.4 is 5.43 Å². The summed E-state index contributed by atoms with van der Waals surface area (Å²) in [7, 11) is 0. The molecular weight excluding hydrogens is 250 g/mol. The zero-order chi connectivity index (χ0) is 13.5. The molecule has 1 N–H and O–H groups in total. The second-order valence-electron chi connectivity index (χ2n) is 4.66. The summed E-state index contributed by atoms with van der Waals surface area (Å²) >= 11 is 0. The molecule has 0 bridgehead atoms. The Morgan fingerprint density at radius 1 is 1.05 bits per heavy atom. The van der Waals surface area contributed by atoms with Crippen molar-refractivity contribution in [2.75, 3.05) is 0 Å². The lowest BCUT2D eigenvalue weighted by Gasteiger charge is -2.04. The molecule has 0 aliphatic rings. The van der Waals surface area contributed by atoms with E-state index in [0.29, 0.717) is 10.9 Å². The van der Waals surface area contributed by atoms with Gasteiger partial charge in [0.05, 0.1) is 10.9 Å². The Kier molecular flexibility index (Phi) is 2.23. The molecular formula is C16H11N3O. The summed E-state index contributed by atoms with van der Waals surface area (Å²) in [5.74, 6) is 0. The van der Waals surface area contributed by atoms with Gasteiger partial charge in [-0.2, -0.15) is 0 Å². The Morgan fingerprint density at radius 3 is 2.75 bits per heavy atom. The molecule has 0 saturated carbocycles. The minimum Gasteiger partial charge on any atom is -0.357 e. The van der Waals surface area contributed by atoms with Gasteiger partial charge in [-0.1, -0.05) is 30.3 Å². The molecule has 0 fully saturated rings. The van der Waals surface area contributed by atoms with Gasteiger partial charge in [0.15, 0.2) is 11.1 Å². The highest BCUT2D eigenvalue weighted by Crippen LogP contribution is 2.19. The monoisotopic (exact) mass is 261 g/mol. The van der Waals surface area contributed by atoms with Crippen LogP contribution in [0.4, 0.5) is 0 Å². The maximum Gasteiger partial charge on any atom is 0.197 e. The topological polar surface area (TPSA) is 50.2 Å². The van der Waals surface area contributed by atoms with E-state index in [0.717, 1.165) is 16.7 Å². The van der Waals surface area contributed by atoms with Gasteiger partial charge in [-0.15, -0.1) is 0 Å². The Labute approximate surface area is 114 Å². The Bertz CT molecular complexity index is 967. The van der Waals surface area contributed by atoms with Crippen molar-refractivity contribution in [1.29, 1.82) is 0 Å². The second-order valence-corrected chi connectivity index (χ2v) is 4.66. The van der Waals surface area contributed by atoms with E-state index < -0.39 is 0 Å². The number of pyridine rings is 2. The van der Waals surface area contributed by atoms with Crippen LogP contribution in [0, 0.1) is 0 Å². The van der Waals surface area contributed by atoms with Gasteiger partial charge in [0.2, 0.25) is 0 Å². The summed E-state index contributed by atoms with van der Waals surface area (Å²) in [6, 6.07) is 11.5. The van der Waals surface area contributed by atoms with Crippen molar-refractivity contribution < 1.29 is 0 Å². The highest BCUT2D eigenvalue weighted by molar-refractivity contribution is 5.92. The lowest BCUT2D eigenvalue weighted by atomic mass is 10.1. The normalized spacial score (nSPS) is 11.2. The van der Waals surface area contributed by atoms with Crippen molar-refractivity contribution in [1.82, 2.24) is 14.4 Å². The van der Waals surface area contributed by atoms with Gasteiger partial charge in [-0.25, -0.2) is 4.98 Å². The molecule has 0 radical (unpaired) electrons. The lowest BCUT2D eigenvalue weighted by molar-refractivity contribution is 1.19. The quantitative estimate of drug-likeness (QED) is 0.573. The van der Waals surface area contributed by atoms with Crippen molar-refractivity contribution in [2.45, 2.75) is 0 Å². The molecule has 0 amide bonds. The standard InChI is InChI=1S/C16H11N3O/c20-15-12-6-8-19-9-7-17-16(19)14(12)18-10-13(15)11-4-2-1-3-5-11/h1-10H,(H,18,20). The van der Waals surface area contributed by atoms with Gasteiger partial charge in [0.25, 0.3) is 0 Å². The van der Waals surface area contributed by atoms with Crippen molar-refractivity contribution in [3.8, 4) is 11.1 Å². The third-order valence-corrected chi connectivity index (χ3v) is 3.50. The van der Waals surface area contributed by atoms with E-state index in [1.807, 2.05) is 53.2 Å². The molecule has 1 aromatic carbocycles. The highest BCUT2D eigenvalue weighted by atomic mass is 16.1. The lowest BCUT2D eigenvalue weighted by Crippen LogP contribution is -2.07. The van der Waals surface area contributed by atoms with Gasteiger partial charge in [-0.05, 0) is 11.6 Å². The number of imidazole rings is 1. The first-order valence-electron chi connectivity index (χ1n) is 6.37. The number of nitrogens with one attached hydrogen (secondary N) is 1. The van der Waals surface area contributed by atoms with Crippen LogP contribution >= 0.6 is 0 Å². The third kappa shape index (κ3) is 1.48. The van der Waals surface area contributed by atoms with E-state index in [9.17, 15) is 4.79 Å². The summed E-state index contributed by atoms with van der Waals surface area (Å²) in [5, 5.41) is 0.657. The highest BCUT2D eigenvalue weighted by Gasteiger charge is 2.09. The van der Waals surface area contributed by atoms with Crippen LogP contribution in [0.3, 0.4) is 0 Å². The van der Waals surface area contributed by atoms with Crippen molar-refractivity contribution in [3.63, 3.8) is 0 Å². The van der Waals surface area contributed by atoms with Gasteiger partial charge in [0, 0.05) is 30.4 Å². The van der Waals surface area contributed by atoms with E-state index in [1.165, 1.54) is 0 Å². The molecule has 3 aromatic heterocycles. The number of nitrogens with zero attached hydrogens (tertiary/aromatic N) is 2. The van der Waals surface area contributed by atoms with Crippen LogP contribution in [0.25, 0.3) is 27.7 Å². The van der Waals surface area contributed by atoms with Crippen molar-refractivity contribution >= 4 is 16.6 Å². The Balaban J connectivity index is 2.10. The fraction of sp³-hybridized carbons (Fsp3) is 0. The van der Waals surface area contributed by atoms with E-state index in [4.69, 9.17) is 0 Å². The first kappa shape index (κ1) is 11.0. The van der Waals surface area contributed by atoms with E-state index >= 15 is 0 Å². The average Bonchev–Trinajstić information content (AvgIpc) is 2.97. The summed E-state index contributed by atoms with van der Waals surface area (Å²) in [5.41, 5.74) is 3.14. The molecule has 96 valence electrons. The summed E-state index contributed by atoms with van der Waals surface area (Å²) in [4.78, 5) is 20.1. The van der Waals surface area contributed by atoms with Crippen LogP contribution in [0.5, 0.6) is 0 Å². The average molecular weight is 261 g/mol. The van der Waals surface area contributed by atoms with Crippen LogP contribution in [-0.4, -0.2) is 14.4 Å². The fourth-order valence-corrected chi connectivity index (χ4v) is 2.50. The number of hydrogen-bond donors (Lipinski definition) is 1. The molecule has 4 aromatic rings. The van der Waals surface area contributed by atoms with Crippen LogP contribution in [0.15, 0.2) is 66.0 Å². The molecule has 3 heterocycles. The predicted octanol–water partition coefficient (Wildman–Crippen LogP) is 2.84. The molecule has 0 atom stereocenters. The molecule has 0 unspecified atom stereocenters. The Hall–Kier alpha value is -2.88.